The smallest absolute Gasteiger partial charge is 0.339 e. The van der Waals surface area contributed by atoms with Gasteiger partial charge in [-0.1, -0.05) is 12.8 Å². The van der Waals surface area contributed by atoms with E-state index in [0.29, 0.717) is 24.5 Å². The third-order valence-corrected chi connectivity index (χ3v) is 4.36. The summed E-state index contributed by atoms with van der Waals surface area (Å²) in [6, 6.07) is 4.42. The molecule has 1 saturated heterocycles. The monoisotopic (exact) mass is 389 g/mol. The second-order valence-corrected chi connectivity index (χ2v) is 6.95. The molecule has 1 fully saturated rings. The molecule has 0 spiro atoms. The quantitative estimate of drug-likeness (QED) is 0.753. The van der Waals surface area contributed by atoms with Crippen LogP contribution in [-0.2, 0) is 19.1 Å². The number of hydrogen-bond acceptors (Lipinski definition) is 5. The van der Waals surface area contributed by atoms with E-state index in [0.717, 1.165) is 25.7 Å². The number of amides is 3. The van der Waals surface area contributed by atoms with Gasteiger partial charge in [0.15, 0.2) is 6.10 Å². The lowest BCUT2D eigenvalue weighted by atomic mass is 10.1. The number of nitrogens with zero attached hydrogens (tertiary/aromatic N) is 1. The lowest BCUT2D eigenvalue weighted by molar-refractivity contribution is -0.139. The van der Waals surface area contributed by atoms with Crippen LogP contribution in [0.5, 0.6) is 0 Å². The Morgan fingerprint density at radius 2 is 1.39 bits per heavy atom. The number of rotatable bonds is 5. The number of likely N-dealkylation sites (tertiary alicyclic amines) is 1. The topological polar surface area (TPSA) is 105 Å². The number of carbonyl (C=O) groups excluding carboxylic acids is 4. The number of nitrogens with one attached hydrogen (secondary N) is 2. The highest BCUT2D eigenvalue weighted by Gasteiger charge is 2.25. The van der Waals surface area contributed by atoms with Crippen molar-refractivity contribution in [3.63, 3.8) is 0 Å². The van der Waals surface area contributed by atoms with Gasteiger partial charge in [0.2, 0.25) is 11.8 Å². The highest BCUT2D eigenvalue weighted by Crippen LogP contribution is 2.21. The molecule has 0 radical (unpaired) electrons. The van der Waals surface area contributed by atoms with Crippen LogP contribution >= 0.6 is 0 Å². The van der Waals surface area contributed by atoms with E-state index in [2.05, 4.69) is 10.6 Å². The van der Waals surface area contributed by atoms with Crippen LogP contribution in [0.25, 0.3) is 0 Å². The summed E-state index contributed by atoms with van der Waals surface area (Å²) in [6.45, 7) is 5.57. The van der Waals surface area contributed by atoms with Gasteiger partial charge in [0, 0.05) is 38.3 Å². The van der Waals surface area contributed by atoms with Gasteiger partial charge >= 0.3 is 5.97 Å². The maximum atomic E-state index is 12.6. The fraction of sp³-hybridized carbons (Fsp3) is 0.500. The first-order valence-electron chi connectivity index (χ1n) is 9.46. The van der Waals surface area contributed by atoms with E-state index in [1.54, 1.807) is 11.8 Å². The Labute approximate surface area is 164 Å². The Bertz CT molecular complexity index is 720. The molecule has 2 N–H and O–H groups in total. The molecule has 1 atom stereocenters. The van der Waals surface area contributed by atoms with E-state index in [4.69, 9.17) is 4.74 Å². The summed E-state index contributed by atoms with van der Waals surface area (Å²) in [6.07, 6.45) is 3.18. The summed E-state index contributed by atoms with van der Waals surface area (Å²) in [5.41, 5.74) is 0.819. The van der Waals surface area contributed by atoms with Gasteiger partial charge in [-0.2, -0.15) is 0 Å². The van der Waals surface area contributed by atoms with Crippen LogP contribution in [-0.4, -0.2) is 47.8 Å². The maximum absolute atomic E-state index is 12.6. The fourth-order valence-electron chi connectivity index (χ4n) is 3.12. The van der Waals surface area contributed by atoms with Gasteiger partial charge in [0.05, 0.1) is 5.56 Å². The largest absolute Gasteiger partial charge is 0.449 e. The second-order valence-electron chi connectivity index (χ2n) is 6.95. The van der Waals surface area contributed by atoms with Gasteiger partial charge in [-0.05, 0) is 38.0 Å². The van der Waals surface area contributed by atoms with Gasteiger partial charge in [0.1, 0.15) is 0 Å². The SMILES string of the molecule is CC(=O)Nc1cc(NC(C)=O)cc(C(=O)OC(C)C(=O)N2CCCCCC2)c1. The predicted octanol–water partition coefficient (Wildman–Crippen LogP) is 2.55. The summed E-state index contributed by atoms with van der Waals surface area (Å²) in [4.78, 5) is 49.5. The Balaban J connectivity index is 2.13. The van der Waals surface area contributed by atoms with Crippen molar-refractivity contribution in [2.45, 2.75) is 52.6 Å². The minimum absolute atomic E-state index is 0.130. The van der Waals surface area contributed by atoms with E-state index in [9.17, 15) is 19.2 Å². The van der Waals surface area contributed by atoms with Crippen LogP contribution in [0.3, 0.4) is 0 Å². The minimum Gasteiger partial charge on any atom is -0.449 e. The summed E-state index contributed by atoms with van der Waals surface area (Å²) < 4.78 is 5.36. The van der Waals surface area contributed by atoms with Crippen LogP contribution in [0, 0.1) is 0 Å². The highest BCUT2D eigenvalue weighted by atomic mass is 16.5. The summed E-state index contributed by atoms with van der Waals surface area (Å²) >= 11 is 0. The number of anilines is 2. The first-order chi connectivity index (χ1) is 13.3. The molecule has 8 nitrogen and oxygen atoms in total. The van der Waals surface area contributed by atoms with Gasteiger partial charge in [-0.3, -0.25) is 14.4 Å². The maximum Gasteiger partial charge on any atom is 0.339 e. The molecule has 0 aromatic heterocycles. The van der Waals surface area contributed by atoms with Crippen molar-refractivity contribution in [3.05, 3.63) is 23.8 Å². The molecule has 8 heteroatoms. The Kier molecular flexibility index (Phi) is 7.54. The van der Waals surface area contributed by atoms with Crippen molar-refractivity contribution >= 4 is 35.1 Å². The Morgan fingerprint density at radius 3 is 1.86 bits per heavy atom. The van der Waals surface area contributed by atoms with Crippen LogP contribution in [0.2, 0.25) is 0 Å². The van der Waals surface area contributed by atoms with Gasteiger partial charge < -0.3 is 20.3 Å². The van der Waals surface area contributed by atoms with Crippen molar-refractivity contribution in [3.8, 4) is 0 Å². The van der Waals surface area contributed by atoms with E-state index in [1.165, 1.54) is 32.0 Å². The molecule has 3 amide bonds. The number of hydrogen-bond donors (Lipinski definition) is 2. The third kappa shape index (κ3) is 6.37. The second kappa shape index (κ2) is 9.87. The molecule has 152 valence electrons. The van der Waals surface area contributed by atoms with Gasteiger partial charge in [0.25, 0.3) is 5.91 Å². The third-order valence-electron chi connectivity index (χ3n) is 4.36. The predicted molar refractivity (Wildman–Crippen MR) is 105 cm³/mol. The zero-order valence-corrected chi connectivity index (χ0v) is 16.5. The van der Waals surface area contributed by atoms with Gasteiger partial charge in [-0.25, -0.2) is 4.79 Å². The Hall–Kier alpha value is -2.90. The van der Waals surface area contributed by atoms with E-state index < -0.39 is 12.1 Å². The molecule has 0 bridgehead atoms. The zero-order chi connectivity index (χ0) is 20.7. The minimum atomic E-state index is -0.917. The molecule has 1 aromatic rings. The van der Waals surface area contributed by atoms with Crippen molar-refractivity contribution in [1.29, 1.82) is 0 Å². The first kappa shape index (κ1) is 21.4. The Morgan fingerprint density at radius 1 is 0.893 bits per heavy atom. The molecular formula is C20H27N3O5. The van der Waals surface area contributed by atoms with Crippen LogP contribution in [0.15, 0.2) is 18.2 Å². The molecular weight excluding hydrogens is 362 g/mol. The lowest BCUT2D eigenvalue weighted by Crippen LogP contribution is -2.40. The number of carbonyl (C=O) groups is 4. The zero-order valence-electron chi connectivity index (χ0n) is 16.5. The van der Waals surface area contributed by atoms with Crippen LogP contribution < -0.4 is 10.6 Å². The van der Waals surface area contributed by atoms with Gasteiger partial charge in [-0.15, -0.1) is 0 Å². The van der Waals surface area contributed by atoms with Crippen molar-refractivity contribution in [1.82, 2.24) is 4.90 Å². The summed E-state index contributed by atoms with van der Waals surface area (Å²) in [5.74, 6) is -1.54. The molecule has 28 heavy (non-hydrogen) atoms. The molecule has 1 aromatic carbocycles. The normalized spacial score (nSPS) is 15.2. The summed E-state index contributed by atoms with van der Waals surface area (Å²) in [5, 5.41) is 5.15. The molecule has 2 rings (SSSR count). The van der Waals surface area contributed by atoms with E-state index in [-0.39, 0.29) is 23.3 Å². The molecule has 1 unspecified atom stereocenters. The average Bonchev–Trinajstić information content (AvgIpc) is 2.88. The number of benzene rings is 1. The lowest BCUT2D eigenvalue weighted by Gasteiger charge is -2.24. The average molecular weight is 389 g/mol. The van der Waals surface area contributed by atoms with Crippen LogP contribution in [0.1, 0.15) is 56.8 Å². The molecule has 1 aliphatic rings. The molecule has 1 aliphatic heterocycles. The van der Waals surface area contributed by atoms with E-state index >= 15 is 0 Å². The number of ether oxygens (including phenoxy) is 1. The first-order valence-corrected chi connectivity index (χ1v) is 9.46. The number of esters is 1. The van der Waals surface area contributed by atoms with Crippen LogP contribution in [0.4, 0.5) is 11.4 Å². The van der Waals surface area contributed by atoms with Crippen molar-refractivity contribution in [2.24, 2.45) is 0 Å². The van der Waals surface area contributed by atoms with Crippen molar-refractivity contribution in [2.75, 3.05) is 23.7 Å². The van der Waals surface area contributed by atoms with Crippen molar-refractivity contribution < 1.29 is 23.9 Å². The van der Waals surface area contributed by atoms with E-state index in [1.807, 2.05) is 0 Å². The molecule has 0 aliphatic carbocycles. The molecule has 0 saturated carbocycles. The standard InChI is InChI=1S/C20H27N3O5/c1-13(19(26)23-8-6-4-5-7-9-23)28-20(27)16-10-17(21-14(2)24)12-18(11-16)22-15(3)25/h10-13H,4-9H2,1-3H3,(H,21,24)(H,22,25). The fourth-order valence-corrected chi connectivity index (χ4v) is 3.12. The highest BCUT2D eigenvalue weighted by molar-refractivity contribution is 5.98. The molecule has 1 heterocycles. The summed E-state index contributed by atoms with van der Waals surface area (Å²) in [7, 11) is 0.